The van der Waals surface area contributed by atoms with Gasteiger partial charge < -0.3 is 5.32 Å². The molecule has 0 atom stereocenters. The molecule has 1 aliphatic heterocycles. The van der Waals surface area contributed by atoms with Crippen LogP contribution in [0.25, 0.3) is 0 Å². The van der Waals surface area contributed by atoms with E-state index in [1.54, 1.807) is 13.0 Å². The van der Waals surface area contributed by atoms with E-state index in [1.807, 2.05) is 0 Å². The highest BCUT2D eigenvalue weighted by atomic mass is 32.2. The molecule has 25 heavy (non-hydrogen) atoms. The molecule has 1 saturated heterocycles. The fraction of sp³-hybridized carbons (Fsp3) is 0.533. The van der Waals surface area contributed by atoms with Crippen molar-refractivity contribution in [3.63, 3.8) is 0 Å². The minimum Gasteiger partial charge on any atom is -0.349 e. The van der Waals surface area contributed by atoms with Crippen LogP contribution in [0.1, 0.15) is 30.1 Å². The van der Waals surface area contributed by atoms with E-state index in [2.05, 4.69) is 10.0 Å². The molecule has 1 heterocycles. The third-order valence-electron chi connectivity index (χ3n) is 4.22. The number of sulfonamides is 2. The van der Waals surface area contributed by atoms with Crippen LogP contribution in [0, 0.1) is 0 Å². The second kappa shape index (κ2) is 7.81. The number of amides is 1. The van der Waals surface area contributed by atoms with Crippen LogP contribution in [0.2, 0.25) is 0 Å². The van der Waals surface area contributed by atoms with Crippen molar-refractivity contribution >= 4 is 26.0 Å². The molecule has 2 N–H and O–H groups in total. The van der Waals surface area contributed by atoms with Crippen LogP contribution in [-0.2, 0) is 20.0 Å². The van der Waals surface area contributed by atoms with Crippen molar-refractivity contribution in [3.05, 3.63) is 29.8 Å². The number of rotatable bonds is 6. The molecule has 1 fully saturated rings. The van der Waals surface area contributed by atoms with Gasteiger partial charge in [-0.05, 0) is 45.0 Å². The van der Waals surface area contributed by atoms with Crippen molar-refractivity contribution in [3.8, 4) is 0 Å². The van der Waals surface area contributed by atoms with E-state index < -0.39 is 20.0 Å². The molecule has 1 aromatic carbocycles. The Balaban J connectivity index is 2.01. The molecular formula is C15H23N3O5S2. The van der Waals surface area contributed by atoms with Crippen LogP contribution >= 0.6 is 0 Å². The number of nitrogens with zero attached hydrogens (tertiary/aromatic N) is 1. The van der Waals surface area contributed by atoms with E-state index in [4.69, 9.17) is 0 Å². The number of nitrogens with one attached hydrogen (secondary N) is 2. The monoisotopic (exact) mass is 389 g/mol. The summed E-state index contributed by atoms with van der Waals surface area (Å²) in [6.45, 7) is 2.35. The minimum atomic E-state index is -3.62. The molecule has 0 spiro atoms. The maximum Gasteiger partial charge on any atom is 0.251 e. The highest BCUT2D eigenvalue weighted by Gasteiger charge is 2.27. The normalized spacial score (nSPS) is 17.4. The predicted octanol–water partition coefficient (Wildman–Crippen LogP) is 0.139. The van der Waals surface area contributed by atoms with E-state index in [0.29, 0.717) is 25.9 Å². The standard InChI is InChI=1S/C15H23N3O5S2/c1-3-24(20,21)18-9-7-13(8-10-18)17-15(19)12-5-4-6-14(11-12)25(22,23)16-2/h4-6,11,13,16H,3,7-10H2,1-2H3,(H,17,19). The molecular weight excluding hydrogens is 366 g/mol. The zero-order valence-electron chi connectivity index (χ0n) is 14.2. The van der Waals surface area contributed by atoms with Crippen molar-refractivity contribution < 1.29 is 21.6 Å². The summed E-state index contributed by atoms with van der Waals surface area (Å²) in [6, 6.07) is 5.64. The van der Waals surface area contributed by atoms with E-state index >= 15 is 0 Å². The lowest BCUT2D eigenvalue weighted by atomic mass is 10.1. The Morgan fingerprint density at radius 3 is 2.40 bits per heavy atom. The molecule has 10 heteroatoms. The summed E-state index contributed by atoms with van der Waals surface area (Å²) in [6.07, 6.45) is 1.05. The van der Waals surface area contributed by atoms with Crippen molar-refractivity contribution in [2.24, 2.45) is 0 Å². The Bertz CT molecular complexity index is 828. The zero-order chi connectivity index (χ0) is 18.7. The van der Waals surface area contributed by atoms with E-state index in [9.17, 15) is 21.6 Å². The quantitative estimate of drug-likeness (QED) is 0.719. The Labute approximate surface area is 148 Å². The van der Waals surface area contributed by atoms with Crippen LogP contribution in [0.15, 0.2) is 29.2 Å². The molecule has 0 bridgehead atoms. The zero-order valence-corrected chi connectivity index (χ0v) is 15.9. The second-order valence-electron chi connectivity index (χ2n) is 5.78. The SMILES string of the molecule is CCS(=O)(=O)N1CCC(NC(=O)c2cccc(S(=O)(=O)NC)c2)CC1. The highest BCUT2D eigenvalue weighted by Crippen LogP contribution is 2.16. The van der Waals surface area contributed by atoms with Crippen LogP contribution in [0.4, 0.5) is 0 Å². The van der Waals surface area contributed by atoms with Gasteiger partial charge in [0.15, 0.2) is 0 Å². The van der Waals surface area contributed by atoms with Crippen molar-refractivity contribution in [1.82, 2.24) is 14.3 Å². The highest BCUT2D eigenvalue weighted by molar-refractivity contribution is 7.89. The van der Waals surface area contributed by atoms with Gasteiger partial charge in [-0.3, -0.25) is 4.79 Å². The van der Waals surface area contributed by atoms with E-state index in [1.165, 1.54) is 29.6 Å². The molecule has 1 aliphatic rings. The van der Waals surface area contributed by atoms with Gasteiger partial charge in [-0.2, -0.15) is 0 Å². The lowest BCUT2D eigenvalue weighted by Crippen LogP contribution is -2.46. The van der Waals surface area contributed by atoms with Gasteiger partial charge in [-0.1, -0.05) is 6.07 Å². The third kappa shape index (κ3) is 4.78. The van der Waals surface area contributed by atoms with Gasteiger partial charge in [0.05, 0.1) is 10.6 Å². The van der Waals surface area contributed by atoms with Crippen LogP contribution in [-0.4, -0.2) is 59.0 Å². The van der Waals surface area contributed by atoms with Crippen molar-refractivity contribution in [1.29, 1.82) is 0 Å². The van der Waals surface area contributed by atoms with E-state index in [0.717, 1.165) is 0 Å². The lowest BCUT2D eigenvalue weighted by Gasteiger charge is -2.31. The maximum absolute atomic E-state index is 12.4. The number of carbonyl (C=O) groups excluding carboxylic acids is 1. The Hall–Kier alpha value is -1.49. The average molecular weight is 389 g/mol. The van der Waals surface area contributed by atoms with Gasteiger partial charge in [0.25, 0.3) is 5.91 Å². The number of hydrogen-bond acceptors (Lipinski definition) is 5. The van der Waals surface area contributed by atoms with Gasteiger partial charge in [-0.15, -0.1) is 0 Å². The predicted molar refractivity (Wildman–Crippen MR) is 94.2 cm³/mol. The Morgan fingerprint density at radius 1 is 1.20 bits per heavy atom. The molecule has 140 valence electrons. The molecule has 8 nitrogen and oxygen atoms in total. The first-order valence-corrected chi connectivity index (χ1v) is 11.1. The first-order valence-electron chi connectivity index (χ1n) is 8.02. The summed E-state index contributed by atoms with van der Waals surface area (Å²) < 4.78 is 51.0. The number of benzene rings is 1. The molecule has 0 aromatic heterocycles. The van der Waals surface area contributed by atoms with Gasteiger partial charge >= 0.3 is 0 Å². The summed E-state index contributed by atoms with van der Waals surface area (Å²) in [7, 11) is -5.51. The molecule has 2 rings (SSSR count). The largest absolute Gasteiger partial charge is 0.349 e. The summed E-state index contributed by atoms with van der Waals surface area (Å²) >= 11 is 0. The average Bonchev–Trinajstić information content (AvgIpc) is 2.62. The van der Waals surface area contributed by atoms with Gasteiger partial charge in [0, 0.05) is 24.7 Å². The molecule has 1 aromatic rings. The summed E-state index contributed by atoms with van der Waals surface area (Å²) in [5.74, 6) is -0.304. The Kier molecular flexibility index (Phi) is 6.20. The first-order chi connectivity index (χ1) is 11.7. The van der Waals surface area contributed by atoms with Gasteiger partial charge in [0.1, 0.15) is 0 Å². The lowest BCUT2D eigenvalue weighted by molar-refractivity contribution is 0.0923. The number of hydrogen-bond donors (Lipinski definition) is 2. The molecule has 0 aliphatic carbocycles. The minimum absolute atomic E-state index is 0.0199. The van der Waals surface area contributed by atoms with Crippen molar-refractivity contribution in [2.45, 2.75) is 30.7 Å². The topological polar surface area (TPSA) is 113 Å². The molecule has 0 radical (unpaired) electrons. The smallest absolute Gasteiger partial charge is 0.251 e. The summed E-state index contributed by atoms with van der Waals surface area (Å²) in [4.78, 5) is 12.4. The number of carbonyl (C=O) groups is 1. The van der Waals surface area contributed by atoms with Crippen LogP contribution < -0.4 is 10.0 Å². The summed E-state index contributed by atoms with van der Waals surface area (Å²) in [5, 5.41) is 2.85. The maximum atomic E-state index is 12.4. The first kappa shape index (κ1) is 19.8. The van der Waals surface area contributed by atoms with Crippen molar-refractivity contribution in [2.75, 3.05) is 25.9 Å². The van der Waals surface area contributed by atoms with Gasteiger partial charge in [0.2, 0.25) is 20.0 Å². The van der Waals surface area contributed by atoms with Gasteiger partial charge in [-0.25, -0.2) is 25.9 Å². The molecule has 0 unspecified atom stereocenters. The Morgan fingerprint density at radius 2 is 1.84 bits per heavy atom. The van der Waals surface area contributed by atoms with E-state index in [-0.39, 0.29) is 28.2 Å². The van der Waals surface area contributed by atoms with Crippen LogP contribution in [0.5, 0.6) is 0 Å². The molecule has 0 saturated carbocycles. The fourth-order valence-corrected chi connectivity index (χ4v) is 4.56. The molecule has 1 amide bonds. The fourth-order valence-electron chi connectivity index (χ4n) is 2.65. The second-order valence-corrected chi connectivity index (χ2v) is 9.93. The number of piperidine rings is 1. The third-order valence-corrected chi connectivity index (χ3v) is 7.52. The van der Waals surface area contributed by atoms with Crippen LogP contribution in [0.3, 0.4) is 0 Å². The summed E-state index contributed by atoms with van der Waals surface area (Å²) in [5.41, 5.74) is 0.250.